The highest BCUT2D eigenvalue weighted by Crippen LogP contribution is 2.29. The number of sulfonamides is 1. The Morgan fingerprint density at radius 3 is 2.15 bits per heavy atom. The van der Waals surface area contributed by atoms with Gasteiger partial charge in [-0.15, -0.1) is 0 Å². The van der Waals surface area contributed by atoms with Crippen molar-refractivity contribution in [3.05, 3.63) is 94.3 Å². The number of aryl methyl sites for hydroxylation is 2. The van der Waals surface area contributed by atoms with Crippen LogP contribution in [0.25, 0.3) is 0 Å². The van der Waals surface area contributed by atoms with Gasteiger partial charge in [-0.2, -0.15) is 0 Å². The maximum Gasteiger partial charge on any atom is 0.264 e. The molecule has 3 aromatic carbocycles. The van der Waals surface area contributed by atoms with Crippen molar-refractivity contribution in [1.82, 2.24) is 10.2 Å². The molecule has 3 aromatic rings. The molecule has 1 atom stereocenters. The van der Waals surface area contributed by atoms with E-state index in [9.17, 15) is 22.4 Å². The van der Waals surface area contributed by atoms with Crippen molar-refractivity contribution in [3.8, 4) is 0 Å². The van der Waals surface area contributed by atoms with Gasteiger partial charge in [-0.3, -0.25) is 13.9 Å². The number of nitrogens with one attached hydrogen (secondary N) is 1. The van der Waals surface area contributed by atoms with E-state index < -0.39 is 34.3 Å². The summed E-state index contributed by atoms with van der Waals surface area (Å²) < 4.78 is 42.4. The first kappa shape index (κ1) is 31.1. The topological polar surface area (TPSA) is 86.8 Å². The summed E-state index contributed by atoms with van der Waals surface area (Å²) in [6, 6.07) is 15.7. The molecule has 7 nitrogen and oxygen atoms in total. The van der Waals surface area contributed by atoms with Gasteiger partial charge in [-0.1, -0.05) is 54.4 Å². The minimum absolute atomic E-state index is 0.0114. The largest absolute Gasteiger partial charge is 0.352 e. The van der Waals surface area contributed by atoms with Crippen LogP contribution in [0.1, 0.15) is 43.9 Å². The molecule has 10 heteroatoms. The van der Waals surface area contributed by atoms with E-state index in [-0.39, 0.29) is 35.5 Å². The second-order valence-electron chi connectivity index (χ2n) is 9.99. The second-order valence-corrected chi connectivity index (χ2v) is 12.3. The van der Waals surface area contributed by atoms with E-state index in [1.807, 2.05) is 20.8 Å². The van der Waals surface area contributed by atoms with Crippen LogP contribution in [0.4, 0.5) is 10.1 Å². The van der Waals surface area contributed by atoms with E-state index in [4.69, 9.17) is 11.6 Å². The number of rotatable bonds is 11. The van der Waals surface area contributed by atoms with Gasteiger partial charge in [-0.05, 0) is 81.6 Å². The molecule has 214 valence electrons. The number of carbonyl (C=O) groups excluding carboxylic acids is 2. The van der Waals surface area contributed by atoms with Crippen LogP contribution in [0, 0.1) is 19.7 Å². The van der Waals surface area contributed by atoms with Gasteiger partial charge in [-0.25, -0.2) is 12.8 Å². The van der Waals surface area contributed by atoms with Crippen LogP contribution < -0.4 is 9.62 Å². The predicted octanol–water partition coefficient (Wildman–Crippen LogP) is 5.62. The summed E-state index contributed by atoms with van der Waals surface area (Å²) in [5, 5.41) is 3.19. The summed E-state index contributed by atoms with van der Waals surface area (Å²) in [6.45, 7) is 8.44. The number of nitrogens with zero attached hydrogens (tertiary/aromatic N) is 2. The van der Waals surface area contributed by atoms with Gasteiger partial charge in [0, 0.05) is 17.6 Å². The highest BCUT2D eigenvalue weighted by Gasteiger charge is 2.34. The number of carbonyl (C=O) groups is 2. The van der Waals surface area contributed by atoms with Crippen molar-refractivity contribution in [1.29, 1.82) is 0 Å². The molecule has 0 saturated heterocycles. The Morgan fingerprint density at radius 1 is 0.975 bits per heavy atom. The van der Waals surface area contributed by atoms with E-state index in [1.165, 1.54) is 47.4 Å². The molecule has 0 aliphatic rings. The van der Waals surface area contributed by atoms with Crippen LogP contribution in [-0.4, -0.2) is 43.8 Å². The monoisotopic (exact) mass is 587 g/mol. The van der Waals surface area contributed by atoms with Crippen LogP contribution in [0.5, 0.6) is 0 Å². The van der Waals surface area contributed by atoms with Crippen LogP contribution in [0.15, 0.2) is 71.6 Å². The zero-order valence-electron chi connectivity index (χ0n) is 23.3. The van der Waals surface area contributed by atoms with Gasteiger partial charge in [0.2, 0.25) is 11.8 Å². The zero-order valence-corrected chi connectivity index (χ0v) is 24.9. The van der Waals surface area contributed by atoms with Crippen molar-refractivity contribution in [2.75, 3.05) is 10.8 Å². The Kier molecular flexibility index (Phi) is 10.3. The Hall–Kier alpha value is -3.43. The summed E-state index contributed by atoms with van der Waals surface area (Å²) >= 11 is 6.36. The standard InChI is InChI=1S/C30H35ClFN3O4S/c1-6-28(30(37)33-20(2)3)34(18-23-10-12-24(32)13-11-23)29(36)19-35(25-14-9-22(5)27(31)17-25)40(38,39)26-15-7-21(4)8-16-26/h7-17,20,28H,6,18-19H2,1-5H3,(H,33,37). The molecule has 0 spiro atoms. The molecule has 0 aliphatic heterocycles. The Bertz CT molecular complexity index is 1440. The maximum absolute atomic E-state index is 14.0. The first-order chi connectivity index (χ1) is 18.8. The molecule has 3 rings (SSSR count). The fraction of sp³-hybridized carbons (Fsp3) is 0.333. The number of halogens is 2. The van der Waals surface area contributed by atoms with Crippen LogP contribution >= 0.6 is 11.6 Å². The van der Waals surface area contributed by atoms with Crippen molar-refractivity contribution >= 4 is 39.1 Å². The first-order valence-corrected chi connectivity index (χ1v) is 14.8. The minimum Gasteiger partial charge on any atom is -0.352 e. The molecular formula is C30H35ClFN3O4S. The van der Waals surface area contributed by atoms with E-state index in [0.29, 0.717) is 10.6 Å². The highest BCUT2D eigenvalue weighted by molar-refractivity contribution is 7.92. The highest BCUT2D eigenvalue weighted by atomic mass is 35.5. The quantitative estimate of drug-likeness (QED) is 0.315. The minimum atomic E-state index is -4.20. The number of benzene rings is 3. The summed E-state index contributed by atoms with van der Waals surface area (Å²) in [5.74, 6) is -1.39. The number of hydrogen-bond acceptors (Lipinski definition) is 4. The van der Waals surface area contributed by atoms with E-state index in [2.05, 4.69) is 5.32 Å². The van der Waals surface area contributed by atoms with Crippen LogP contribution in [0.2, 0.25) is 5.02 Å². The number of anilines is 1. The third-order valence-corrected chi connectivity index (χ3v) is 8.61. The van der Waals surface area contributed by atoms with Gasteiger partial charge in [0.1, 0.15) is 18.4 Å². The Balaban J connectivity index is 2.08. The lowest BCUT2D eigenvalue weighted by molar-refractivity contribution is -0.140. The lowest BCUT2D eigenvalue weighted by atomic mass is 10.1. The number of hydrogen-bond donors (Lipinski definition) is 1. The summed E-state index contributed by atoms with van der Waals surface area (Å²) in [6.07, 6.45) is 0.284. The van der Waals surface area contributed by atoms with Gasteiger partial charge in [0.15, 0.2) is 0 Å². The van der Waals surface area contributed by atoms with Gasteiger partial charge < -0.3 is 10.2 Å². The van der Waals surface area contributed by atoms with Crippen molar-refractivity contribution in [2.24, 2.45) is 0 Å². The molecule has 0 fully saturated rings. The first-order valence-electron chi connectivity index (χ1n) is 13.0. The molecular weight excluding hydrogens is 553 g/mol. The maximum atomic E-state index is 14.0. The van der Waals surface area contributed by atoms with Crippen molar-refractivity contribution < 1.29 is 22.4 Å². The molecule has 1 N–H and O–H groups in total. The predicted molar refractivity (Wildman–Crippen MR) is 156 cm³/mol. The normalized spacial score (nSPS) is 12.2. The molecule has 0 heterocycles. The lowest BCUT2D eigenvalue weighted by Crippen LogP contribution is -2.53. The second kappa shape index (κ2) is 13.3. The average Bonchev–Trinajstić information content (AvgIpc) is 2.89. The molecule has 40 heavy (non-hydrogen) atoms. The van der Waals surface area contributed by atoms with Crippen LogP contribution in [-0.2, 0) is 26.2 Å². The van der Waals surface area contributed by atoms with Gasteiger partial charge in [0.05, 0.1) is 10.6 Å². The fourth-order valence-electron chi connectivity index (χ4n) is 4.19. The van der Waals surface area contributed by atoms with Gasteiger partial charge >= 0.3 is 0 Å². The lowest BCUT2D eigenvalue weighted by Gasteiger charge is -2.33. The van der Waals surface area contributed by atoms with E-state index in [1.54, 1.807) is 38.1 Å². The SMILES string of the molecule is CCC(C(=O)NC(C)C)N(Cc1ccc(F)cc1)C(=O)CN(c1ccc(C)c(Cl)c1)S(=O)(=O)c1ccc(C)cc1. The van der Waals surface area contributed by atoms with E-state index in [0.717, 1.165) is 15.4 Å². The van der Waals surface area contributed by atoms with Gasteiger partial charge in [0.25, 0.3) is 10.0 Å². The molecule has 0 bridgehead atoms. The molecule has 0 saturated carbocycles. The molecule has 0 radical (unpaired) electrons. The summed E-state index contributed by atoms with van der Waals surface area (Å²) in [7, 11) is -4.20. The molecule has 0 aliphatic carbocycles. The van der Waals surface area contributed by atoms with Crippen molar-refractivity contribution in [3.63, 3.8) is 0 Å². The Labute approximate surface area is 241 Å². The number of amides is 2. The molecule has 1 unspecified atom stereocenters. The third-order valence-electron chi connectivity index (χ3n) is 6.41. The molecule has 2 amide bonds. The average molecular weight is 588 g/mol. The van der Waals surface area contributed by atoms with E-state index >= 15 is 0 Å². The van der Waals surface area contributed by atoms with Crippen LogP contribution in [0.3, 0.4) is 0 Å². The fourth-order valence-corrected chi connectivity index (χ4v) is 5.77. The molecule has 0 aromatic heterocycles. The zero-order chi connectivity index (χ0) is 29.6. The smallest absolute Gasteiger partial charge is 0.264 e. The third kappa shape index (κ3) is 7.61. The summed E-state index contributed by atoms with van der Waals surface area (Å²) in [5.41, 5.74) is 2.44. The Morgan fingerprint density at radius 2 is 1.60 bits per heavy atom. The summed E-state index contributed by atoms with van der Waals surface area (Å²) in [4.78, 5) is 28.5. The van der Waals surface area contributed by atoms with Crippen molar-refractivity contribution in [2.45, 2.75) is 64.6 Å².